The van der Waals surface area contributed by atoms with Crippen molar-refractivity contribution in [3.05, 3.63) is 52.4 Å². The van der Waals surface area contributed by atoms with Gasteiger partial charge in [0, 0.05) is 10.6 Å². The molecule has 0 unspecified atom stereocenters. The summed E-state index contributed by atoms with van der Waals surface area (Å²) in [6, 6.07) is 10.2. The molecule has 2 heterocycles. The fraction of sp³-hybridized carbons (Fsp3) is 0.176. The predicted molar refractivity (Wildman–Crippen MR) is 97.5 cm³/mol. The number of benzene rings is 1. The zero-order chi connectivity index (χ0) is 15.5. The van der Waals surface area contributed by atoms with Crippen LogP contribution in [-0.2, 0) is 0 Å². The molecule has 0 atom stereocenters. The summed E-state index contributed by atoms with van der Waals surface area (Å²) < 4.78 is 0. The summed E-state index contributed by atoms with van der Waals surface area (Å²) in [7, 11) is 0. The standard InChI is InChI=1S/C17H17N3S2/c1-11-12(2)22-16-14(11)15(18)19-17(20-16)21-10-6-9-13-7-4-3-5-8-13/h3-9H,10H2,1-2H3,(H2,18,19,20)/b9-6-. The molecule has 3 rings (SSSR count). The highest BCUT2D eigenvalue weighted by molar-refractivity contribution is 7.99. The maximum Gasteiger partial charge on any atom is 0.191 e. The third kappa shape index (κ3) is 3.15. The molecule has 22 heavy (non-hydrogen) atoms. The first-order chi connectivity index (χ1) is 10.6. The number of nitrogen functional groups attached to an aromatic ring is 1. The van der Waals surface area contributed by atoms with E-state index in [0.717, 1.165) is 21.1 Å². The largest absolute Gasteiger partial charge is 0.383 e. The van der Waals surface area contributed by atoms with E-state index in [4.69, 9.17) is 5.73 Å². The molecule has 0 aliphatic carbocycles. The molecule has 3 nitrogen and oxygen atoms in total. The molecule has 0 bridgehead atoms. The van der Waals surface area contributed by atoms with Gasteiger partial charge in [0.15, 0.2) is 5.16 Å². The number of hydrogen-bond acceptors (Lipinski definition) is 5. The van der Waals surface area contributed by atoms with Crippen LogP contribution in [0.4, 0.5) is 5.82 Å². The smallest absolute Gasteiger partial charge is 0.191 e. The highest BCUT2D eigenvalue weighted by Crippen LogP contribution is 2.33. The summed E-state index contributed by atoms with van der Waals surface area (Å²) in [5.74, 6) is 1.41. The van der Waals surface area contributed by atoms with Crippen LogP contribution in [0.1, 0.15) is 16.0 Å². The molecular weight excluding hydrogens is 310 g/mol. The number of nitrogens with zero attached hydrogens (tertiary/aromatic N) is 2. The maximum atomic E-state index is 6.09. The van der Waals surface area contributed by atoms with E-state index in [1.807, 2.05) is 18.2 Å². The van der Waals surface area contributed by atoms with Crippen molar-refractivity contribution in [2.45, 2.75) is 19.0 Å². The van der Waals surface area contributed by atoms with Crippen LogP contribution in [0.2, 0.25) is 0 Å². The van der Waals surface area contributed by atoms with E-state index in [-0.39, 0.29) is 0 Å². The van der Waals surface area contributed by atoms with Gasteiger partial charge >= 0.3 is 0 Å². The lowest BCUT2D eigenvalue weighted by Gasteiger charge is -2.01. The van der Waals surface area contributed by atoms with Crippen LogP contribution in [0.5, 0.6) is 0 Å². The molecule has 1 aromatic carbocycles. The SMILES string of the molecule is Cc1sc2nc(SC/C=C\c3ccccc3)nc(N)c2c1C. The van der Waals surface area contributed by atoms with Gasteiger partial charge in [0.25, 0.3) is 0 Å². The van der Waals surface area contributed by atoms with Gasteiger partial charge in [-0.05, 0) is 25.0 Å². The maximum absolute atomic E-state index is 6.09. The van der Waals surface area contributed by atoms with Crippen molar-refractivity contribution in [3.63, 3.8) is 0 Å². The lowest BCUT2D eigenvalue weighted by Crippen LogP contribution is -1.96. The number of fused-ring (bicyclic) bond motifs is 1. The normalized spacial score (nSPS) is 11.5. The van der Waals surface area contributed by atoms with Crippen LogP contribution < -0.4 is 5.73 Å². The van der Waals surface area contributed by atoms with Gasteiger partial charge in [-0.2, -0.15) is 0 Å². The number of hydrogen-bond donors (Lipinski definition) is 1. The van der Waals surface area contributed by atoms with Crippen molar-refractivity contribution in [2.24, 2.45) is 0 Å². The van der Waals surface area contributed by atoms with Crippen molar-refractivity contribution in [1.82, 2.24) is 9.97 Å². The molecule has 0 radical (unpaired) electrons. The molecule has 0 spiro atoms. The highest BCUT2D eigenvalue weighted by atomic mass is 32.2. The van der Waals surface area contributed by atoms with E-state index in [2.05, 4.69) is 48.1 Å². The number of aromatic nitrogens is 2. The van der Waals surface area contributed by atoms with E-state index >= 15 is 0 Å². The minimum absolute atomic E-state index is 0.585. The first-order valence-corrected chi connectivity index (χ1v) is 8.83. The Morgan fingerprint density at radius 2 is 1.95 bits per heavy atom. The molecule has 112 valence electrons. The van der Waals surface area contributed by atoms with E-state index in [1.54, 1.807) is 23.1 Å². The quantitative estimate of drug-likeness (QED) is 0.557. The summed E-state index contributed by atoms with van der Waals surface area (Å²) >= 11 is 3.28. The van der Waals surface area contributed by atoms with Crippen LogP contribution in [-0.4, -0.2) is 15.7 Å². The Hall–Kier alpha value is -1.85. The molecule has 0 saturated carbocycles. The van der Waals surface area contributed by atoms with Crippen molar-refractivity contribution < 1.29 is 0 Å². The average Bonchev–Trinajstić information content (AvgIpc) is 2.80. The number of anilines is 1. The second kappa shape index (κ2) is 6.50. The summed E-state index contributed by atoms with van der Waals surface area (Å²) in [5, 5.41) is 1.75. The van der Waals surface area contributed by atoms with Gasteiger partial charge in [0.05, 0.1) is 5.39 Å². The third-order valence-electron chi connectivity index (χ3n) is 3.45. The Balaban J connectivity index is 1.73. The van der Waals surface area contributed by atoms with Crippen LogP contribution in [0.3, 0.4) is 0 Å². The van der Waals surface area contributed by atoms with E-state index in [1.165, 1.54) is 16.0 Å². The van der Waals surface area contributed by atoms with Crippen LogP contribution in [0.15, 0.2) is 41.6 Å². The van der Waals surface area contributed by atoms with Crippen molar-refractivity contribution in [2.75, 3.05) is 11.5 Å². The minimum Gasteiger partial charge on any atom is -0.383 e. The molecule has 2 aromatic heterocycles. The number of rotatable bonds is 4. The second-order valence-electron chi connectivity index (χ2n) is 4.98. The molecule has 0 aliphatic heterocycles. The molecule has 3 aromatic rings. The number of thiophene rings is 1. The molecule has 0 aliphatic rings. The van der Waals surface area contributed by atoms with Gasteiger partial charge in [0.1, 0.15) is 10.6 Å². The van der Waals surface area contributed by atoms with Crippen molar-refractivity contribution >= 4 is 45.2 Å². The number of aryl methyl sites for hydroxylation is 2. The first kappa shape index (κ1) is 15.1. The van der Waals surface area contributed by atoms with E-state index in [9.17, 15) is 0 Å². The molecule has 0 saturated heterocycles. The van der Waals surface area contributed by atoms with Gasteiger partial charge in [-0.3, -0.25) is 0 Å². The highest BCUT2D eigenvalue weighted by Gasteiger charge is 2.12. The summed E-state index contributed by atoms with van der Waals surface area (Å²) in [6.45, 7) is 4.17. The molecule has 5 heteroatoms. The Labute approximate surface area is 138 Å². The Morgan fingerprint density at radius 1 is 1.18 bits per heavy atom. The van der Waals surface area contributed by atoms with Gasteiger partial charge in [0.2, 0.25) is 0 Å². The van der Waals surface area contributed by atoms with Crippen LogP contribution >= 0.6 is 23.1 Å². The van der Waals surface area contributed by atoms with Gasteiger partial charge in [-0.1, -0.05) is 54.2 Å². The lowest BCUT2D eigenvalue weighted by molar-refractivity contribution is 1.02. The Bertz CT molecular complexity index is 823. The predicted octanol–water partition coefficient (Wildman–Crippen LogP) is 4.70. The fourth-order valence-electron chi connectivity index (χ4n) is 2.20. The topological polar surface area (TPSA) is 51.8 Å². The molecular formula is C17H17N3S2. The summed E-state index contributed by atoms with van der Waals surface area (Å²) in [5.41, 5.74) is 8.48. The molecule has 0 amide bonds. The van der Waals surface area contributed by atoms with Crippen molar-refractivity contribution in [3.8, 4) is 0 Å². The average molecular weight is 327 g/mol. The fourth-order valence-corrected chi connectivity index (χ4v) is 3.95. The van der Waals surface area contributed by atoms with Gasteiger partial charge in [-0.25, -0.2) is 9.97 Å². The van der Waals surface area contributed by atoms with E-state index < -0.39 is 0 Å². The minimum atomic E-state index is 0.585. The van der Waals surface area contributed by atoms with Crippen LogP contribution in [0.25, 0.3) is 16.3 Å². The van der Waals surface area contributed by atoms with E-state index in [0.29, 0.717) is 5.82 Å². The molecule has 0 fully saturated rings. The Morgan fingerprint density at radius 3 is 2.73 bits per heavy atom. The zero-order valence-electron chi connectivity index (χ0n) is 12.5. The summed E-state index contributed by atoms with van der Waals surface area (Å²) in [4.78, 5) is 11.3. The monoisotopic (exact) mass is 327 g/mol. The number of thioether (sulfide) groups is 1. The van der Waals surface area contributed by atoms with Crippen molar-refractivity contribution in [1.29, 1.82) is 0 Å². The Kier molecular flexibility index (Phi) is 4.45. The zero-order valence-corrected chi connectivity index (χ0v) is 14.2. The first-order valence-electron chi connectivity index (χ1n) is 7.03. The lowest BCUT2D eigenvalue weighted by atomic mass is 10.2. The number of nitrogens with two attached hydrogens (primary N) is 1. The van der Waals surface area contributed by atoms with Crippen LogP contribution in [0, 0.1) is 13.8 Å². The molecule has 2 N–H and O–H groups in total. The summed E-state index contributed by atoms with van der Waals surface area (Å²) in [6.07, 6.45) is 4.23. The third-order valence-corrected chi connectivity index (χ3v) is 5.36. The van der Waals surface area contributed by atoms with Gasteiger partial charge in [-0.15, -0.1) is 11.3 Å². The van der Waals surface area contributed by atoms with Gasteiger partial charge < -0.3 is 5.73 Å². The second-order valence-corrected chi connectivity index (χ2v) is 7.17.